The van der Waals surface area contributed by atoms with Crippen LogP contribution < -0.4 is 9.64 Å². The van der Waals surface area contributed by atoms with Gasteiger partial charge in [-0.05, 0) is 73.5 Å². The second-order valence-corrected chi connectivity index (χ2v) is 6.99. The Hall–Kier alpha value is -3.47. The summed E-state index contributed by atoms with van der Waals surface area (Å²) < 4.78 is 18.8. The van der Waals surface area contributed by atoms with Gasteiger partial charge >= 0.3 is 0 Å². The molecule has 0 aliphatic carbocycles. The van der Waals surface area contributed by atoms with Gasteiger partial charge in [0, 0.05) is 23.4 Å². The first-order valence-electron chi connectivity index (χ1n) is 9.49. The molecule has 1 atom stereocenters. The van der Waals surface area contributed by atoms with Crippen molar-refractivity contribution in [2.75, 3.05) is 11.4 Å². The topological polar surface area (TPSA) is 46.6 Å². The van der Waals surface area contributed by atoms with Crippen molar-refractivity contribution in [2.24, 2.45) is 0 Å². The van der Waals surface area contributed by atoms with Gasteiger partial charge in [-0.15, -0.1) is 0 Å². The number of amides is 1. The van der Waals surface area contributed by atoms with E-state index in [1.807, 2.05) is 24.3 Å². The van der Waals surface area contributed by atoms with Crippen LogP contribution in [0.5, 0.6) is 5.75 Å². The van der Waals surface area contributed by atoms with Gasteiger partial charge in [0.1, 0.15) is 11.6 Å². The van der Waals surface area contributed by atoms with E-state index in [-0.39, 0.29) is 17.5 Å². The summed E-state index contributed by atoms with van der Waals surface area (Å²) in [5, 5.41) is 0. The molecule has 0 unspecified atom stereocenters. The highest BCUT2D eigenvalue weighted by atomic mass is 19.1. The molecule has 1 heterocycles. The highest BCUT2D eigenvalue weighted by Crippen LogP contribution is 2.28. The average molecular weight is 389 g/mol. The predicted molar refractivity (Wildman–Crippen MR) is 109 cm³/mol. The lowest BCUT2D eigenvalue weighted by molar-refractivity contribution is -0.124. The maximum Gasteiger partial charge on any atom is 0.267 e. The SMILES string of the molecule is C[C@H](Oc1ccc(C(=O)c2ccc(F)cc2)cc1)C(=O)N1CCc2ccccc21. The van der Waals surface area contributed by atoms with Crippen LogP contribution in [0.4, 0.5) is 10.1 Å². The first kappa shape index (κ1) is 18.9. The average Bonchev–Trinajstić information content (AvgIpc) is 3.18. The monoisotopic (exact) mass is 389 g/mol. The Labute approximate surface area is 168 Å². The summed E-state index contributed by atoms with van der Waals surface area (Å²) in [7, 11) is 0. The largest absolute Gasteiger partial charge is 0.481 e. The van der Waals surface area contributed by atoms with Crippen LogP contribution >= 0.6 is 0 Å². The molecule has 0 saturated heterocycles. The number of halogens is 1. The number of ether oxygens (including phenoxy) is 1. The number of benzene rings is 3. The van der Waals surface area contributed by atoms with Crippen LogP contribution in [0.15, 0.2) is 72.8 Å². The van der Waals surface area contributed by atoms with Crippen LogP contribution in [0.1, 0.15) is 28.4 Å². The van der Waals surface area contributed by atoms with E-state index in [2.05, 4.69) is 0 Å². The second kappa shape index (κ2) is 7.87. The number of carbonyl (C=O) groups is 2. The number of para-hydroxylation sites is 1. The van der Waals surface area contributed by atoms with Crippen molar-refractivity contribution < 1.29 is 18.7 Å². The summed E-state index contributed by atoms with van der Waals surface area (Å²) in [6.07, 6.45) is 0.189. The molecule has 0 radical (unpaired) electrons. The van der Waals surface area contributed by atoms with E-state index >= 15 is 0 Å². The Morgan fingerprint density at radius 2 is 1.55 bits per heavy atom. The summed E-state index contributed by atoms with van der Waals surface area (Å²) in [5.41, 5.74) is 2.98. The first-order chi connectivity index (χ1) is 14.0. The molecular formula is C24H20FNO3. The zero-order chi connectivity index (χ0) is 20.4. The van der Waals surface area contributed by atoms with E-state index in [0.29, 0.717) is 23.4 Å². The summed E-state index contributed by atoms with van der Waals surface area (Å²) in [5.74, 6) is -0.172. The molecule has 0 saturated carbocycles. The van der Waals surface area contributed by atoms with Crippen LogP contribution in [0, 0.1) is 5.82 Å². The number of hydrogen-bond donors (Lipinski definition) is 0. The quantitative estimate of drug-likeness (QED) is 0.607. The molecule has 0 bridgehead atoms. The molecule has 5 heteroatoms. The molecule has 0 N–H and O–H groups in total. The number of nitrogens with zero attached hydrogens (tertiary/aromatic N) is 1. The molecule has 1 aliphatic rings. The Kier molecular flexibility index (Phi) is 5.12. The van der Waals surface area contributed by atoms with Crippen LogP contribution in [-0.2, 0) is 11.2 Å². The van der Waals surface area contributed by atoms with Crippen molar-refractivity contribution in [3.63, 3.8) is 0 Å². The highest BCUT2D eigenvalue weighted by molar-refractivity contribution is 6.09. The summed E-state index contributed by atoms with van der Waals surface area (Å²) in [4.78, 5) is 27.0. The molecular weight excluding hydrogens is 369 g/mol. The summed E-state index contributed by atoms with van der Waals surface area (Å²) in [6.45, 7) is 2.37. The van der Waals surface area contributed by atoms with Gasteiger partial charge in [0.05, 0.1) is 0 Å². The standard InChI is InChI=1S/C24H20FNO3/c1-16(24(28)26-15-14-17-4-2-3-5-22(17)26)29-21-12-8-19(9-13-21)23(27)18-6-10-20(25)11-7-18/h2-13,16H,14-15H2,1H3/t16-/m0/s1. The normalized spacial score (nSPS) is 13.7. The van der Waals surface area contributed by atoms with Crippen molar-refractivity contribution in [1.82, 2.24) is 0 Å². The fourth-order valence-corrected chi connectivity index (χ4v) is 3.49. The van der Waals surface area contributed by atoms with Crippen molar-refractivity contribution in [3.05, 3.63) is 95.3 Å². The fourth-order valence-electron chi connectivity index (χ4n) is 3.49. The lowest BCUT2D eigenvalue weighted by Gasteiger charge is -2.22. The first-order valence-corrected chi connectivity index (χ1v) is 9.49. The third-order valence-electron chi connectivity index (χ3n) is 5.04. The minimum Gasteiger partial charge on any atom is -0.481 e. The summed E-state index contributed by atoms with van der Waals surface area (Å²) in [6, 6.07) is 19.9. The molecule has 29 heavy (non-hydrogen) atoms. The summed E-state index contributed by atoms with van der Waals surface area (Å²) >= 11 is 0. The Balaban J connectivity index is 1.43. The van der Waals surface area contributed by atoms with E-state index in [9.17, 15) is 14.0 Å². The van der Waals surface area contributed by atoms with E-state index in [1.165, 1.54) is 24.3 Å². The Bertz CT molecular complexity index is 1040. The van der Waals surface area contributed by atoms with Crippen LogP contribution in [-0.4, -0.2) is 24.3 Å². The number of ketones is 1. The third-order valence-corrected chi connectivity index (χ3v) is 5.04. The third kappa shape index (κ3) is 3.90. The van der Waals surface area contributed by atoms with Gasteiger partial charge in [-0.2, -0.15) is 0 Å². The highest BCUT2D eigenvalue weighted by Gasteiger charge is 2.28. The van der Waals surface area contributed by atoms with Crippen LogP contribution in [0.3, 0.4) is 0 Å². The fraction of sp³-hybridized carbons (Fsp3) is 0.167. The van der Waals surface area contributed by atoms with E-state index < -0.39 is 6.10 Å². The number of fused-ring (bicyclic) bond motifs is 1. The van der Waals surface area contributed by atoms with Crippen molar-refractivity contribution >= 4 is 17.4 Å². The second-order valence-electron chi connectivity index (χ2n) is 6.99. The Morgan fingerprint density at radius 3 is 2.24 bits per heavy atom. The minimum atomic E-state index is -0.653. The smallest absolute Gasteiger partial charge is 0.267 e. The van der Waals surface area contributed by atoms with Crippen molar-refractivity contribution in [3.8, 4) is 5.75 Å². The molecule has 146 valence electrons. The maximum absolute atomic E-state index is 13.0. The molecule has 0 spiro atoms. The van der Waals surface area contributed by atoms with Gasteiger partial charge in [-0.3, -0.25) is 9.59 Å². The lowest BCUT2D eigenvalue weighted by atomic mass is 10.0. The maximum atomic E-state index is 13.0. The molecule has 1 amide bonds. The number of rotatable bonds is 5. The number of carbonyl (C=O) groups excluding carboxylic acids is 2. The molecule has 4 rings (SSSR count). The van der Waals surface area contributed by atoms with Crippen molar-refractivity contribution in [1.29, 1.82) is 0 Å². The van der Waals surface area contributed by atoms with Gasteiger partial charge < -0.3 is 9.64 Å². The Morgan fingerprint density at radius 1 is 0.931 bits per heavy atom. The number of hydrogen-bond acceptors (Lipinski definition) is 3. The molecule has 3 aromatic rings. The van der Waals surface area contributed by atoms with E-state index in [1.54, 1.807) is 36.1 Å². The zero-order valence-electron chi connectivity index (χ0n) is 16.0. The molecule has 0 aromatic heterocycles. The minimum absolute atomic E-state index is 0.0959. The van der Waals surface area contributed by atoms with Gasteiger partial charge in [-0.1, -0.05) is 18.2 Å². The number of anilines is 1. The molecule has 1 aliphatic heterocycles. The molecule has 0 fully saturated rings. The van der Waals surface area contributed by atoms with Crippen molar-refractivity contribution in [2.45, 2.75) is 19.4 Å². The van der Waals surface area contributed by atoms with E-state index in [4.69, 9.17) is 4.74 Å². The molecule has 4 nitrogen and oxygen atoms in total. The van der Waals surface area contributed by atoms with Gasteiger partial charge in [0.15, 0.2) is 11.9 Å². The van der Waals surface area contributed by atoms with E-state index in [0.717, 1.165) is 17.7 Å². The lowest BCUT2D eigenvalue weighted by Crippen LogP contribution is -2.39. The van der Waals surface area contributed by atoms with Crippen LogP contribution in [0.25, 0.3) is 0 Å². The predicted octanol–water partition coefficient (Wildman–Crippen LogP) is 4.41. The van der Waals surface area contributed by atoms with Gasteiger partial charge in [-0.25, -0.2) is 4.39 Å². The molecule has 3 aromatic carbocycles. The van der Waals surface area contributed by atoms with Crippen LogP contribution in [0.2, 0.25) is 0 Å². The zero-order valence-corrected chi connectivity index (χ0v) is 16.0. The van der Waals surface area contributed by atoms with Gasteiger partial charge in [0.25, 0.3) is 5.91 Å². The van der Waals surface area contributed by atoms with Gasteiger partial charge in [0.2, 0.25) is 0 Å².